The molecule has 0 aromatic carbocycles. The van der Waals surface area contributed by atoms with Gasteiger partial charge in [0.2, 0.25) is 6.33 Å². The first-order chi connectivity index (χ1) is 5.29. The van der Waals surface area contributed by atoms with E-state index in [1.54, 1.807) is 11.6 Å². The smallest absolute Gasteiger partial charge is 0.275 e. The van der Waals surface area contributed by atoms with Crippen LogP contribution in [0.3, 0.4) is 0 Å². The summed E-state index contributed by atoms with van der Waals surface area (Å²) in [4.78, 5) is 17.3. The molecule has 2 aromatic heterocycles. The van der Waals surface area contributed by atoms with Crippen LogP contribution < -0.4 is 10.3 Å². The fraction of sp³-hybridized carbons (Fsp3) is 0.200. The number of fused-ring (bicyclic) bond motifs is 1. The van der Waals surface area contributed by atoms with Crippen molar-refractivity contribution in [1.82, 2.24) is 19.6 Å². The van der Waals surface area contributed by atoms with E-state index < -0.39 is 0 Å². The Morgan fingerprint density at radius 3 is 3.27 bits per heavy atom. The largest absolute Gasteiger partial charge is 0.406 e. The van der Waals surface area contributed by atoms with Crippen LogP contribution in [0.25, 0.3) is 5.78 Å². The van der Waals surface area contributed by atoms with Crippen LogP contribution in [0.15, 0.2) is 17.4 Å². The Morgan fingerprint density at radius 2 is 2.55 bits per heavy atom. The molecule has 0 atom stereocenters. The highest BCUT2D eigenvalue weighted by Crippen LogP contribution is 1.78. The molecule has 0 aliphatic heterocycles. The normalized spacial score (nSPS) is 10.6. The number of nitrogens with zero attached hydrogens (tertiary/aromatic N) is 4. The van der Waals surface area contributed by atoms with Gasteiger partial charge in [-0.15, -0.1) is 0 Å². The minimum Gasteiger partial charge on any atom is -0.275 e. The average Bonchev–Trinajstić information content (AvgIpc) is 2.35. The van der Waals surface area contributed by atoms with E-state index in [9.17, 15) is 4.79 Å². The lowest BCUT2D eigenvalue weighted by Gasteiger charge is -1.80. The summed E-state index contributed by atoms with van der Waals surface area (Å²) < 4.78 is 2.86. The van der Waals surface area contributed by atoms with E-state index in [0.717, 1.165) is 0 Å². The van der Waals surface area contributed by atoms with Crippen LogP contribution in [0.4, 0.5) is 0 Å². The highest BCUT2D eigenvalue weighted by Gasteiger charge is 2.09. The van der Waals surface area contributed by atoms with Crippen molar-refractivity contribution in [3.8, 4) is 0 Å². The van der Waals surface area contributed by atoms with Crippen molar-refractivity contribution in [2.45, 2.75) is 0 Å². The second-order valence-corrected chi connectivity index (χ2v) is 2.16. The molecular weight excluding hydrogens is 146 g/mol. The SMILES string of the molecule is C[n+]1cnn2c(=O)[nH]cnc21. The topological polar surface area (TPSA) is 66.9 Å². The van der Waals surface area contributed by atoms with Gasteiger partial charge in [0.05, 0.1) is 7.05 Å². The Balaban J connectivity index is 3.06. The molecule has 1 N–H and O–H groups in total. The maximum Gasteiger partial charge on any atom is 0.406 e. The Labute approximate surface area is 61.1 Å². The molecule has 6 nitrogen and oxygen atoms in total. The molecule has 0 aliphatic rings. The molecule has 2 rings (SSSR count). The zero-order chi connectivity index (χ0) is 7.84. The maximum atomic E-state index is 11.0. The molecule has 0 amide bonds. The standard InChI is InChI=1S/C5H5N5O/c1-9-3-8-10-4(9)6-2-7-5(10)11/h2-3H,1H3/p+1. The number of aromatic nitrogens is 5. The third-order valence-corrected chi connectivity index (χ3v) is 1.41. The summed E-state index contributed by atoms with van der Waals surface area (Å²) in [5.74, 6) is 0.522. The summed E-state index contributed by atoms with van der Waals surface area (Å²) in [6, 6.07) is 0. The van der Waals surface area contributed by atoms with Gasteiger partial charge in [0.15, 0.2) is 6.33 Å². The van der Waals surface area contributed by atoms with Crippen molar-refractivity contribution < 1.29 is 4.57 Å². The first kappa shape index (κ1) is 6.02. The average molecular weight is 152 g/mol. The quantitative estimate of drug-likeness (QED) is 0.455. The zero-order valence-electron chi connectivity index (χ0n) is 5.85. The van der Waals surface area contributed by atoms with Crippen molar-refractivity contribution in [1.29, 1.82) is 0 Å². The van der Waals surface area contributed by atoms with Crippen LogP contribution in [0.1, 0.15) is 0 Å². The van der Waals surface area contributed by atoms with Crippen LogP contribution in [-0.2, 0) is 7.05 Å². The van der Waals surface area contributed by atoms with Crippen LogP contribution in [0, 0.1) is 0 Å². The zero-order valence-corrected chi connectivity index (χ0v) is 5.85. The molecule has 0 spiro atoms. The second kappa shape index (κ2) is 1.88. The van der Waals surface area contributed by atoms with Crippen molar-refractivity contribution >= 4 is 5.78 Å². The van der Waals surface area contributed by atoms with Gasteiger partial charge in [0, 0.05) is 5.10 Å². The molecular formula is C5H6N5O+. The van der Waals surface area contributed by atoms with Crippen LogP contribution in [0.2, 0.25) is 0 Å². The lowest BCUT2D eigenvalue weighted by atomic mass is 10.9. The molecule has 11 heavy (non-hydrogen) atoms. The summed E-state index contributed by atoms with van der Waals surface area (Å²) in [5, 5.41) is 3.79. The Morgan fingerprint density at radius 1 is 1.73 bits per heavy atom. The molecule has 0 unspecified atom stereocenters. The van der Waals surface area contributed by atoms with Crippen molar-refractivity contribution in [2.75, 3.05) is 0 Å². The Bertz CT molecular complexity index is 441. The molecule has 2 aromatic rings. The Kier molecular flexibility index (Phi) is 1.03. The fourth-order valence-corrected chi connectivity index (χ4v) is 0.877. The number of hydrogen-bond acceptors (Lipinski definition) is 3. The van der Waals surface area contributed by atoms with Crippen molar-refractivity contribution in [3.63, 3.8) is 0 Å². The first-order valence-electron chi connectivity index (χ1n) is 3.06. The van der Waals surface area contributed by atoms with Gasteiger partial charge in [-0.3, -0.25) is 4.98 Å². The van der Waals surface area contributed by atoms with Crippen LogP contribution in [-0.4, -0.2) is 19.6 Å². The van der Waals surface area contributed by atoms with E-state index in [4.69, 9.17) is 0 Å². The van der Waals surface area contributed by atoms with Crippen LogP contribution >= 0.6 is 0 Å². The summed E-state index contributed by atoms with van der Waals surface area (Å²) >= 11 is 0. The summed E-state index contributed by atoms with van der Waals surface area (Å²) in [5.41, 5.74) is -0.282. The molecule has 0 saturated heterocycles. The van der Waals surface area contributed by atoms with Crippen LogP contribution in [0.5, 0.6) is 0 Å². The lowest BCUT2D eigenvalue weighted by Crippen LogP contribution is -2.29. The summed E-state index contributed by atoms with van der Waals surface area (Å²) in [7, 11) is 1.77. The minimum atomic E-state index is -0.282. The molecule has 0 aliphatic carbocycles. The molecule has 56 valence electrons. The predicted octanol–water partition coefficient (Wildman–Crippen LogP) is -1.76. The van der Waals surface area contributed by atoms with E-state index in [0.29, 0.717) is 5.78 Å². The second-order valence-electron chi connectivity index (χ2n) is 2.16. The maximum absolute atomic E-state index is 11.0. The minimum absolute atomic E-state index is 0.282. The number of rotatable bonds is 0. The lowest BCUT2D eigenvalue weighted by molar-refractivity contribution is -0.648. The third kappa shape index (κ3) is 0.721. The van der Waals surface area contributed by atoms with Gasteiger partial charge in [0.25, 0.3) is 0 Å². The van der Waals surface area contributed by atoms with E-state index in [-0.39, 0.29) is 5.69 Å². The van der Waals surface area contributed by atoms with Crippen molar-refractivity contribution in [2.24, 2.45) is 7.05 Å². The van der Waals surface area contributed by atoms with Gasteiger partial charge in [-0.25, -0.2) is 9.36 Å². The highest BCUT2D eigenvalue weighted by atomic mass is 16.1. The van der Waals surface area contributed by atoms with E-state index >= 15 is 0 Å². The molecule has 0 bridgehead atoms. The van der Waals surface area contributed by atoms with Crippen molar-refractivity contribution in [3.05, 3.63) is 23.1 Å². The fourth-order valence-electron chi connectivity index (χ4n) is 0.877. The third-order valence-electron chi connectivity index (χ3n) is 1.41. The summed E-state index contributed by atoms with van der Waals surface area (Å²) in [6.45, 7) is 0. The highest BCUT2D eigenvalue weighted by molar-refractivity contribution is 5.12. The van der Waals surface area contributed by atoms with Gasteiger partial charge in [-0.2, -0.15) is 0 Å². The number of aromatic amines is 1. The number of nitrogens with one attached hydrogen (secondary N) is 1. The van der Waals surface area contributed by atoms with Gasteiger partial charge in [-0.1, -0.05) is 4.98 Å². The molecule has 0 fully saturated rings. The molecule has 2 heterocycles. The predicted molar refractivity (Wildman–Crippen MR) is 34.8 cm³/mol. The van der Waals surface area contributed by atoms with Gasteiger partial charge in [0.1, 0.15) is 0 Å². The van der Waals surface area contributed by atoms with E-state index in [2.05, 4.69) is 15.1 Å². The molecule has 6 heteroatoms. The monoisotopic (exact) mass is 152 g/mol. The van der Waals surface area contributed by atoms with E-state index in [1.807, 2.05) is 0 Å². The number of H-pyrrole nitrogens is 1. The number of hydrogen-bond donors (Lipinski definition) is 1. The number of aryl methyl sites for hydroxylation is 1. The molecule has 0 radical (unpaired) electrons. The Hall–Kier alpha value is -1.72. The van der Waals surface area contributed by atoms with Gasteiger partial charge >= 0.3 is 11.5 Å². The molecule has 0 saturated carbocycles. The first-order valence-corrected chi connectivity index (χ1v) is 3.06. The van der Waals surface area contributed by atoms with Gasteiger partial charge in [-0.05, 0) is 4.52 Å². The van der Waals surface area contributed by atoms with E-state index in [1.165, 1.54) is 17.2 Å². The summed E-state index contributed by atoms with van der Waals surface area (Å²) in [6.07, 6.45) is 2.87. The van der Waals surface area contributed by atoms with Gasteiger partial charge < -0.3 is 0 Å².